The van der Waals surface area contributed by atoms with E-state index in [9.17, 15) is 24.8 Å². The second-order valence-electron chi connectivity index (χ2n) is 8.19. The Morgan fingerprint density at radius 3 is 2.53 bits per heavy atom. The quantitative estimate of drug-likeness (QED) is 0.543. The van der Waals surface area contributed by atoms with Crippen molar-refractivity contribution in [3.63, 3.8) is 0 Å². The van der Waals surface area contributed by atoms with Gasteiger partial charge in [-0.1, -0.05) is 6.07 Å². The summed E-state index contributed by atoms with van der Waals surface area (Å²) in [7, 11) is 1.47. The van der Waals surface area contributed by atoms with Gasteiger partial charge in [0.05, 0.1) is 13.7 Å². The molecule has 1 saturated heterocycles. The molecule has 0 amide bonds. The number of benzene rings is 2. The van der Waals surface area contributed by atoms with Crippen LogP contribution >= 0.6 is 0 Å². The summed E-state index contributed by atoms with van der Waals surface area (Å²) in [5, 5.41) is 40.9. The molecule has 9 heteroatoms. The molecule has 2 aromatic carbocycles. The Hall–Kier alpha value is -2.59. The van der Waals surface area contributed by atoms with Crippen molar-refractivity contribution in [3.05, 3.63) is 47.0 Å². The van der Waals surface area contributed by atoms with Crippen LogP contribution in [0.2, 0.25) is 0 Å². The molecular formula is C23H27FO8. The maximum Gasteiger partial charge on any atom is 0.164 e. The molecule has 4 rings (SSSR count). The first-order valence-corrected chi connectivity index (χ1v) is 10.4. The first-order chi connectivity index (χ1) is 15.3. The van der Waals surface area contributed by atoms with Crippen molar-refractivity contribution >= 4 is 0 Å². The number of hydrogen-bond acceptors (Lipinski definition) is 8. The Bertz CT molecular complexity index is 975. The molecule has 8 nitrogen and oxygen atoms in total. The van der Waals surface area contributed by atoms with Crippen molar-refractivity contribution < 1.29 is 43.8 Å². The van der Waals surface area contributed by atoms with Crippen molar-refractivity contribution in [1.82, 2.24) is 0 Å². The van der Waals surface area contributed by atoms with Gasteiger partial charge in [0.15, 0.2) is 17.2 Å². The monoisotopic (exact) mass is 450 g/mol. The van der Waals surface area contributed by atoms with E-state index in [1.165, 1.54) is 13.2 Å². The van der Waals surface area contributed by atoms with E-state index in [0.717, 1.165) is 12.5 Å². The second-order valence-corrected chi connectivity index (χ2v) is 8.19. The van der Waals surface area contributed by atoms with Gasteiger partial charge in [0, 0.05) is 18.1 Å². The van der Waals surface area contributed by atoms with E-state index in [2.05, 4.69) is 0 Å². The highest BCUT2D eigenvalue weighted by Crippen LogP contribution is 2.44. The molecule has 2 unspecified atom stereocenters. The molecule has 2 aliphatic rings. The third-order valence-corrected chi connectivity index (χ3v) is 6.06. The molecule has 2 aromatic rings. The maximum absolute atomic E-state index is 14.8. The van der Waals surface area contributed by atoms with Crippen molar-refractivity contribution in [2.75, 3.05) is 26.9 Å². The van der Waals surface area contributed by atoms with Crippen LogP contribution in [0.5, 0.6) is 23.0 Å². The lowest BCUT2D eigenvalue weighted by Crippen LogP contribution is -2.60. The van der Waals surface area contributed by atoms with Crippen LogP contribution in [0.1, 0.15) is 29.7 Å². The predicted molar refractivity (Wildman–Crippen MR) is 111 cm³/mol. The third kappa shape index (κ3) is 3.97. The van der Waals surface area contributed by atoms with Crippen molar-refractivity contribution in [1.29, 1.82) is 0 Å². The normalized spacial score (nSPS) is 29.6. The van der Waals surface area contributed by atoms with Crippen LogP contribution in [0.15, 0.2) is 30.3 Å². The van der Waals surface area contributed by atoms with Gasteiger partial charge in [0.1, 0.15) is 49.1 Å². The van der Waals surface area contributed by atoms with Crippen molar-refractivity contribution in [2.45, 2.75) is 43.4 Å². The molecule has 174 valence electrons. The van der Waals surface area contributed by atoms with E-state index in [1.54, 1.807) is 6.07 Å². The van der Waals surface area contributed by atoms with Gasteiger partial charge in [0.25, 0.3) is 0 Å². The maximum atomic E-state index is 14.8. The lowest BCUT2D eigenvalue weighted by atomic mass is 9.83. The standard InChI is InChI=1S/C23H27FO8/c1-23(24)19(11-25)32-21(20(27)22(23)28)14-9-13(17(29-2)10-15(14)26)7-12-3-4-16-18(8-12)31-6-5-30-16/h3-4,8-10,19-22,25-28H,5-7,11H2,1-2H3/t19?,20-,21-,22?,23+/m0/s1. The first kappa shape index (κ1) is 22.6. The van der Waals surface area contributed by atoms with E-state index in [1.807, 2.05) is 18.2 Å². The fourth-order valence-corrected chi connectivity index (χ4v) is 4.17. The van der Waals surface area contributed by atoms with Gasteiger partial charge in [-0.3, -0.25) is 0 Å². The average Bonchev–Trinajstić information content (AvgIpc) is 2.79. The smallest absolute Gasteiger partial charge is 0.164 e. The lowest BCUT2D eigenvalue weighted by Gasteiger charge is -2.45. The lowest BCUT2D eigenvalue weighted by molar-refractivity contribution is -0.249. The summed E-state index contributed by atoms with van der Waals surface area (Å²) in [6.07, 6.45) is -5.72. The molecule has 0 radical (unpaired) electrons. The molecule has 5 atom stereocenters. The number of aliphatic hydroxyl groups is 3. The number of ether oxygens (including phenoxy) is 4. The van der Waals surface area contributed by atoms with Crippen LogP contribution in [0.3, 0.4) is 0 Å². The Balaban J connectivity index is 1.68. The molecule has 4 N–H and O–H groups in total. The predicted octanol–water partition coefficient (Wildman–Crippen LogP) is 1.64. The number of alkyl halides is 1. The number of methoxy groups -OCH3 is 1. The minimum absolute atomic E-state index is 0.152. The molecule has 0 aromatic heterocycles. The molecule has 2 aliphatic heterocycles. The molecule has 32 heavy (non-hydrogen) atoms. The highest BCUT2D eigenvalue weighted by atomic mass is 19.1. The Morgan fingerprint density at radius 2 is 1.84 bits per heavy atom. The van der Waals surface area contributed by atoms with E-state index in [-0.39, 0.29) is 11.3 Å². The number of aromatic hydroxyl groups is 1. The summed E-state index contributed by atoms with van der Waals surface area (Å²) in [4.78, 5) is 0. The zero-order chi connectivity index (χ0) is 23.0. The third-order valence-electron chi connectivity index (χ3n) is 6.06. The molecule has 1 fully saturated rings. The van der Waals surface area contributed by atoms with Gasteiger partial charge in [0.2, 0.25) is 0 Å². The van der Waals surface area contributed by atoms with Crippen LogP contribution in [-0.4, -0.2) is 71.3 Å². The molecule has 0 aliphatic carbocycles. The first-order valence-electron chi connectivity index (χ1n) is 10.4. The molecule has 2 heterocycles. The average molecular weight is 450 g/mol. The number of phenols is 1. The largest absolute Gasteiger partial charge is 0.507 e. The molecule has 0 spiro atoms. The highest BCUT2D eigenvalue weighted by Gasteiger charge is 2.54. The van der Waals surface area contributed by atoms with Gasteiger partial charge in [-0.15, -0.1) is 0 Å². The summed E-state index contributed by atoms with van der Waals surface area (Å²) in [5.74, 6) is 1.45. The number of rotatable bonds is 5. The Labute approximate surface area is 184 Å². The number of halogens is 1. The van der Waals surface area contributed by atoms with Crippen LogP contribution in [0, 0.1) is 0 Å². The number of hydrogen-bond donors (Lipinski definition) is 4. The van der Waals surface area contributed by atoms with Crippen LogP contribution in [-0.2, 0) is 11.2 Å². The second kappa shape index (κ2) is 8.74. The van der Waals surface area contributed by atoms with Crippen molar-refractivity contribution in [2.24, 2.45) is 0 Å². The number of aliphatic hydroxyl groups excluding tert-OH is 3. The van der Waals surface area contributed by atoms with Crippen LogP contribution in [0.4, 0.5) is 4.39 Å². The summed E-state index contributed by atoms with van der Waals surface area (Å²) < 4.78 is 37.0. The summed E-state index contributed by atoms with van der Waals surface area (Å²) in [6, 6.07) is 8.51. The minimum Gasteiger partial charge on any atom is -0.507 e. The topological polar surface area (TPSA) is 118 Å². The zero-order valence-electron chi connectivity index (χ0n) is 17.8. The fourth-order valence-electron chi connectivity index (χ4n) is 4.17. The fraction of sp³-hybridized carbons (Fsp3) is 0.478. The summed E-state index contributed by atoms with van der Waals surface area (Å²) >= 11 is 0. The van der Waals surface area contributed by atoms with E-state index < -0.39 is 36.7 Å². The van der Waals surface area contributed by atoms with Gasteiger partial charge < -0.3 is 39.4 Å². The number of phenolic OH excluding ortho intramolecular Hbond substituents is 1. The Morgan fingerprint density at radius 1 is 1.12 bits per heavy atom. The molecular weight excluding hydrogens is 423 g/mol. The van der Waals surface area contributed by atoms with Crippen molar-refractivity contribution in [3.8, 4) is 23.0 Å². The highest BCUT2D eigenvalue weighted by molar-refractivity contribution is 5.51. The van der Waals surface area contributed by atoms with Crippen LogP contribution in [0.25, 0.3) is 0 Å². The van der Waals surface area contributed by atoms with Gasteiger partial charge >= 0.3 is 0 Å². The molecule has 0 saturated carbocycles. The zero-order valence-corrected chi connectivity index (χ0v) is 17.8. The van der Waals surface area contributed by atoms with E-state index in [0.29, 0.717) is 42.4 Å². The summed E-state index contributed by atoms with van der Waals surface area (Å²) in [5.41, 5.74) is -0.657. The van der Waals surface area contributed by atoms with Gasteiger partial charge in [-0.25, -0.2) is 4.39 Å². The summed E-state index contributed by atoms with van der Waals surface area (Å²) in [6.45, 7) is 1.30. The van der Waals surface area contributed by atoms with Crippen LogP contribution < -0.4 is 14.2 Å². The minimum atomic E-state index is -2.36. The number of fused-ring (bicyclic) bond motifs is 1. The molecule has 0 bridgehead atoms. The van der Waals surface area contributed by atoms with Gasteiger partial charge in [-0.2, -0.15) is 0 Å². The van der Waals surface area contributed by atoms with E-state index in [4.69, 9.17) is 18.9 Å². The Kier molecular flexibility index (Phi) is 6.17. The van der Waals surface area contributed by atoms with E-state index >= 15 is 0 Å². The SMILES string of the molecule is COc1cc(O)c([C@@H]2OC(CO)[C@@](C)(F)C(O)[C@H]2O)cc1Cc1ccc2c(c1)OCCO2. The van der Waals surface area contributed by atoms with Gasteiger partial charge in [-0.05, 0) is 36.2 Å².